The van der Waals surface area contributed by atoms with Gasteiger partial charge in [0.1, 0.15) is 0 Å². The highest BCUT2D eigenvalue weighted by Gasteiger charge is 2.38. The number of likely N-dealkylation sites (N-methyl/N-ethyl adjacent to an activating group) is 1. The molecule has 0 fully saturated rings. The summed E-state index contributed by atoms with van der Waals surface area (Å²) in [6, 6.07) is 5.92. The van der Waals surface area contributed by atoms with Crippen molar-refractivity contribution < 1.29 is 35.9 Å². The zero-order valence-corrected chi connectivity index (χ0v) is 15.7. The first-order valence-electron chi connectivity index (χ1n) is 8.39. The molecule has 0 aliphatic carbocycles. The Morgan fingerprint density at radius 1 is 0.828 bits per heavy atom. The number of carbonyl (C=O) groups excluding carboxylic acids is 2. The molecule has 2 aromatic carbocycles. The predicted molar refractivity (Wildman–Crippen MR) is 93.5 cm³/mol. The summed E-state index contributed by atoms with van der Waals surface area (Å²) in [5, 5.41) is 0. The topological polar surface area (TPSA) is 37.4 Å². The zero-order chi connectivity index (χ0) is 22.1. The second-order valence-corrected chi connectivity index (χ2v) is 6.62. The van der Waals surface area contributed by atoms with E-state index >= 15 is 0 Å². The van der Waals surface area contributed by atoms with Crippen LogP contribution < -0.4 is 0 Å². The highest BCUT2D eigenvalue weighted by atomic mass is 19.4. The maximum Gasteiger partial charge on any atom is 0.416 e. The molecule has 1 unspecified atom stereocenters. The first-order valence-corrected chi connectivity index (χ1v) is 8.39. The zero-order valence-electron chi connectivity index (χ0n) is 15.7. The number of nitrogens with zero attached hydrogens (tertiary/aromatic N) is 1. The van der Waals surface area contributed by atoms with Gasteiger partial charge in [0.2, 0.25) is 0 Å². The molecule has 0 aromatic heterocycles. The monoisotopic (exact) mass is 417 g/mol. The molecule has 0 aliphatic rings. The summed E-state index contributed by atoms with van der Waals surface area (Å²) in [7, 11) is 1.15. The Bertz CT molecular complexity index is 884. The lowest BCUT2D eigenvalue weighted by Crippen LogP contribution is -2.40. The van der Waals surface area contributed by atoms with E-state index in [9.17, 15) is 35.9 Å². The van der Waals surface area contributed by atoms with Gasteiger partial charge in [0, 0.05) is 18.2 Å². The molecular weight excluding hydrogens is 400 g/mol. The molecule has 0 spiro atoms. The highest BCUT2D eigenvalue weighted by molar-refractivity contribution is 6.04. The SMILES string of the molecule is Cc1ccc(C(=O)C(C)N(C)C(=O)c2cc(C(F)(F)F)cc(C(F)(F)F)c2)cc1. The largest absolute Gasteiger partial charge is 0.416 e. The first-order chi connectivity index (χ1) is 13.2. The van der Waals surface area contributed by atoms with Crippen molar-refractivity contribution in [2.24, 2.45) is 0 Å². The Morgan fingerprint density at radius 2 is 1.28 bits per heavy atom. The summed E-state index contributed by atoms with van der Waals surface area (Å²) >= 11 is 0. The van der Waals surface area contributed by atoms with Crippen molar-refractivity contribution >= 4 is 11.7 Å². The van der Waals surface area contributed by atoms with Gasteiger partial charge in [-0.1, -0.05) is 29.8 Å². The number of halogens is 6. The molecule has 2 aromatic rings. The number of hydrogen-bond donors (Lipinski definition) is 0. The molecule has 0 heterocycles. The number of hydrogen-bond acceptors (Lipinski definition) is 2. The van der Waals surface area contributed by atoms with Crippen LogP contribution in [0.4, 0.5) is 26.3 Å². The van der Waals surface area contributed by atoms with Gasteiger partial charge in [0.25, 0.3) is 5.91 Å². The minimum Gasteiger partial charge on any atom is -0.332 e. The predicted octanol–water partition coefficient (Wildman–Crippen LogP) is 5.38. The molecule has 9 heteroatoms. The fraction of sp³-hybridized carbons (Fsp3) is 0.300. The lowest BCUT2D eigenvalue weighted by Gasteiger charge is -2.25. The average Bonchev–Trinajstić information content (AvgIpc) is 2.64. The number of Topliss-reactive ketones (excluding diaryl/α,β-unsaturated/α-hetero) is 1. The van der Waals surface area contributed by atoms with Crippen LogP contribution in [0, 0.1) is 6.92 Å². The van der Waals surface area contributed by atoms with Crippen molar-refractivity contribution in [1.29, 1.82) is 0 Å². The van der Waals surface area contributed by atoms with Crippen LogP contribution in [0.5, 0.6) is 0 Å². The smallest absolute Gasteiger partial charge is 0.332 e. The summed E-state index contributed by atoms with van der Waals surface area (Å²) in [4.78, 5) is 25.9. The summed E-state index contributed by atoms with van der Waals surface area (Å²) in [5.41, 5.74) is -2.84. The summed E-state index contributed by atoms with van der Waals surface area (Å²) in [6.07, 6.45) is -10.1. The molecule has 0 N–H and O–H groups in total. The molecule has 2 rings (SSSR count). The minimum atomic E-state index is -5.07. The summed E-state index contributed by atoms with van der Waals surface area (Å²) in [5.74, 6) is -1.63. The van der Waals surface area contributed by atoms with E-state index in [1.165, 1.54) is 19.1 Å². The van der Waals surface area contributed by atoms with Gasteiger partial charge in [-0.15, -0.1) is 0 Å². The van der Waals surface area contributed by atoms with Crippen molar-refractivity contribution in [2.45, 2.75) is 32.2 Å². The Kier molecular flexibility index (Phi) is 6.10. The fourth-order valence-corrected chi connectivity index (χ4v) is 2.59. The van der Waals surface area contributed by atoms with Gasteiger partial charge in [0.15, 0.2) is 5.78 Å². The van der Waals surface area contributed by atoms with Crippen LogP contribution in [-0.2, 0) is 12.4 Å². The molecule has 3 nitrogen and oxygen atoms in total. The minimum absolute atomic E-state index is 0.0579. The Balaban J connectivity index is 2.39. The first kappa shape index (κ1) is 22.4. The number of ketones is 1. The van der Waals surface area contributed by atoms with E-state index in [4.69, 9.17) is 0 Å². The summed E-state index contributed by atoms with van der Waals surface area (Å²) in [6.45, 7) is 3.15. The van der Waals surface area contributed by atoms with Gasteiger partial charge in [-0.25, -0.2) is 0 Å². The standard InChI is InChI=1S/C20H17F6NO2/c1-11-4-6-13(7-5-11)17(28)12(2)27(3)18(29)14-8-15(19(21,22)23)10-16(9-14)20(24,25)26/h4-10,12H,1-3H3. The van der Waals surface area contributed by atoms with Gasteiger partial charge < -0.3 is 4.90 Å². The third-order valence-electron chi connectivity index (χ3n) is 4.45. The van der Waals surface area contributed by atoms with Crippen LogP contribution in [0.1, 0.15) is 44.3 Å². The summed E-state index contributed by atoms with van der Waals surface area (Å²) < 4.78 is 78.0. The molecule has 29 heavy (non-hydrogen) atoms. The van der Waals surface area contributed by atoms with Crippen molar-refractivity contribution in [3.63, 3.8) is 0 Å². The number of aryl methyl sites for hydroxylation is 1. The van der Waals surface area contributed by atoms with Crippen molar-refractivity contribution in [2.75, 3.05) is 7.05 Å². The second-order valence-electron chi connectivity index (χ2n) is 6.62. The van der Waals surface area contributed by atoms with E-state index in [2.05, 4.69) is 0 Å². The van der Waals surface area contributed by atoms with E-state index in [1.807, 2.05) is 0 Å². The molecule has 0 aliphatic heterocycles. The number of alkyl halides is 6. The fourth-order valence-electron chi connectivity index (χ4n) is 2.59. The highest BCUT2D eigenvalue weighted by Crippen LogP contribution is 2.36. The Morgan fingerprint density at radius 3 is 1.69 bits per heavy atom. The second kappa shape index (κ2) is 7.88. The molecule has 156 valence electrons. The number of benzene rings is 2. The van der Waals surface area contributed by atoms with E-state index in [0.29, 0.717) is 12.1 Å². The van der Waals surface area contributed by atoms with Gasteiger partial charge in [0.05, 0.1) is 17.2 Å². The quantitative estimate of drug-likeness (QED) is 0.495. The Labute approximate surface area is 162 Å². The number of carbonyl (C=O) groups is 2. The van der Waals surface area contributed by atoms with Crippen LogP contribution >= 0.6 is 0 Å². The molecule has 0 saturated carbocycles. The van der Waals surface area contributed by atoms with Crippen molar-refractivity contribution in [1.82, 2.24) is 4.90 Å². The molecule has 0 bridgehead atoms. The van der Waals surface area contributed by atoms with Crippen molar-refractivity contribution in [3.8, 4) is 0 Å². The maximum atomic E-state index is 13.0. The number of rotatable bonds is 4. The normalized spacial score (nSPS) is 13.1. The van der Waals surface area contributed by atoms with Crippen LogP contribution in [0.2, 0.25) is 0 Å². The van der Waals surface area contributed by atoms with Crippen LogP contribution in [-0.4, -0.2) is 29.7 Å². The van der Waals surface area contributed by atoms with Crippen LogP contribution in [0.3, 0.4) is 0 Å². The Hall–Kier alpha value is -2.84. The van der Waals surface area contributed by atoms with Gasteiger partial charge in [-0.05, 0) is 32.0 Å². The molecular formula is C20H17F6NO2. The van der Waals surface area contributed by atoms with Crippen LogP contribution in [0.15, 0.2) is 42.5 Å². The maximum absolute atomic E-state index is 13.0. The van der Waals surface area contributed by atoms with E-state index in [-0.39, 0.29) is 11.6 Å². The molecule has 0 radical (unpaired) electrons. The van der Waals surface area contributed by atoms with Crippen molar-refractivity contribution in [3.05, 3.63) is 70.3 Å². The van der Waals surface area contributed by atoms with E-state index in [0.717, 1.165) is 17.5 Å². The average molecular weight is 417 g/mol. The lowest BCUT2D eigenvalue weighted by atomic mass is 10.0. The number of amides is 1. The van der Waals surface area contributed by atoms with Gasteiger partial charge >= 0.3 is 12.4 Å². The van der Waals surface area contributed by atoms with E-state index < -0.39 is 46.8 Å². The third kappa shape index (κ3) is 5.16. The van der Waals surface area contributed by atoms with E-state index in [1.54, 1.807) is 19.1 Å². The van der Waals surface area contributed by atoms with Gasteiger partial charge in [-0.2, -0.15) is 26.3 Å². The van der Waals surface area contributed by atoms with Gasteiger partial charge in [-0.3, -0.25) is 9.59 Å². The molecule has 1 amide bonds. The molecule has 1 atom stereocenters. The molecule has 0 saturated heterocycles. The van der Waals surface area contributed by atoms with Crippen LogP contribution in [0.25, 0.3) is 0 Å². The third-order valence-corrected chi connectivity index (χ3v) is 4.45. The lowest BCUT2D eigenvalue weighted by molar-refractivity contribution is -0.143.